The van der Waals surface area contributed by atoms with Gasteiger partial charge in [-0.25, -0.2) is 17.2 Å². The Kier molecular flexibility index (Phi) is 4.63. The first-order valence-corrected chi connectivity index (χ1v) is 11.5. The van der Waals surface area contributed by atoms with Crippen molar-refractivity contribution in [2.24, 2.45) is 5.92 Å². The predicted molar refractivity (Wildman–Crippen MR) is 104 cm³/mol. The van der Waals surface area contributed by atoms with Gasteiger partial charge in [0.15, 0.2) is 27.2 Å². The molecule has 5 rings (SSSR count). The Balaban J connectivity index is 1.74. The van der Waals surface area contributed by atoms with Crippen molar-refractivity contribution in [3.05, 3.63) is 58.6 Å². The topological polar surface area (TPSA) is 61.8 Å². The van der Waals surface area contributed by atoms with Crippen LogP contribution in [0.2, 0.25) is 5.02 Å². The van der Waals surface area contributed by atoms with Gasteiger partial charge < -0.3 is 14.2 Å². The van der Waals surface area contributed by atoms with E-state index in [1.54, 1.807) is 0 Å². The fourth-order valence-corrected chi connectivity index (χ4v) is 7.53. The lowest BCUT2D eigenvalue weighted by molar-refractivity contribution is -0.197. The van der Waals surface area contributed by atoms with Crippen LogP contribution in [0.1, 0.15) is 24.8 Å². The molecule has 2 aromatic carbocycles. The van der Waals surface area contributed by atoms with Crippen LogP contribution in [0.4, 0.5) is 8.78 Å². The van der Waals surface area contributed by atoms with Gasteiger partial charge in [0.05, 0.1) is 30.3 Å². The van der Waals surface area contributed by atoms with Crippen molar-refractivity contribution in [3.63, 3.8) is 0 Å². The van der Waals surface area contributed by atoms with Gasteiger partial charge in [0.2, 0.25) is 0 Å². The summed E-state index contributed by atoms with van der Waals surface area (Å²) in [5.74, 6) is -3.54. The third kappa shape index (κ3) is 2.74. The molecule has 2 atom stereocenters. The van der Waals surface area contributed by atoms with Gasteiger partial charge in [-0.3, -0.25) is 0 Å². The van der Waals surface area contributed by atoms with E-state index in [1.165, 1.54) is 24.3 Å². The zero-order chi connectivity index (χ0) is 21.1. The molecule has 160 valence electrons. The Morgan fingerprint density at radius 3 is 2.33 bits per heavy atom. The Hall–Kier alpha value is -1.74. The van der Waals surface area contributed by atoms with Crippen molar-refractivity contribution in [1.29, 1.82) is 0 Å². The van der Waals surface area contributed by atoms with E-state index in [-0.39, 0.29) is 42.1 Å². The molecule has 0 radical (unpaired) electrons. The van der Waals surface area contributed by atoms with E-state index >= 15 is 4.39 Å². The molecular formula is C21H19ClF2O5S. The number of sulfone groups is 1. The van der Waals surface area contributed by atoms with Crippen LogP contribution < -0.4 is 4.74 Å². The Bertz CT molecular complexity index is 1100. The lowest BCUT2D eigenvalue weighted by Crippen LogP contribution is -2.56. The van der Waals surface area contributed by atoms with Crippen LogP contribution >= 0.6 is 11.6 Å². The van der Waals surface area contributed by atoms with Crippen LogP contribution in [-0.2, 0) is 24.1 Å². The SMILES string of the molecule is O=S(=O)(c1ccc(Cl)cc1)[C@@]12CCC3(C[C@@H]1COc1c(F)ccc(F)c12)OCCO3. The summed E-state index contributed by atoms with van der Waals surface area (Å²) in [4.78, 5) is -0.00220. The van der Waals surface area contributed by atoms with Crippen LogP contribution in [0.5, 0.6) is 5.75 Å². The Morgan fingerprint density at radius 1 is 0.967 bits per heavy atom. The average Bonchev–Trinajstić information content (AvgIpc) is 3.18. The van der Waals surface area contributed by atoms with E-state index in [0.29, 0.717) is 18.2 Å². The molecule has 0 amide bonds. The fourth-order valence-electron chi connectivity index (χ4n) is 5.07. The van der Waals surface area contributed by atoms with Gasteiger partial charge in [-0.2, -0.15) is 0 Å². The summed E-state index contributed by atoms with van der Waals surface area (Å²) in [7, 11) is -4.16. The molecule has 5 nitrogen and oxygen atoms in total. The molecule has 0 bridgehead atoms. The average molecular weight is 457 g/mol. The molecule has 1 saturated heterocycles. The molecule has 1 saturated carbocycles. The number of benzene rings is 2. The highest BCUT2D eigenvalue weighted by Crippen LogP contribution is 2.59. The zero-order valence-electron chi connectivity index (χ0n) is 15.9. The summed E-state index contributed by atoms with van der Waals surface area (Å²) in [5, 5.41) is 0.378. The molecule has 0 N–H and O–H groups in total. The molecule has 2 aliphatic heterocycles. The van der Waals surface area contributed by atoms with E-state index in [1.807, 2.05) is 0 Å². The molecule has 0 aromatic heterocycles. The van der Waals surface area contributed by atoms with Crippen molar-refractivity contribution >= 4 is 21.4 Å². The highest BCUT2D eigenvalue weighted by molar-refractivity contribution is 7.92. The van der Waals surface area contributed by atoms with Crippen molar-refractivity contribution in [3.8, 4) is 5.75 Å². The number of fused-ring (bicyclic) bond motifs is 3. The number of hydrogen-bond donors (Lipinski definition) is 0. The van der Waals surface area contributed by atoms with E-state index in [4.69, 9.17) is 25.8 Å². The second-order valence-corrected chi connectivity index (χ2v) is 10.5. The lowest BCUT2D eigenvalue weighted by atomic mass is 9.70. The standard InChI is InChI=1S/C21H19ClF2O5S/c22-14-1-3-15(4-2-14)30(25,26)21-8-7-20(28-9-10-29-20)11-13(21)12-27-19-17(24)6-5-16(23)18(19)21/h1-6,13H,7-12H2/t13-,21+/m1/s1. The first-order valence-electron chi connectivity index (χ1n) is 9.68. The van der Waals surface area contributed by atoms with Gasteiger partial charge in [-0.1, -0.05) is 11.6 Å². The van der Waals surface area contributed by atoms with Crippen molar-refractivity contribution in [1.82, 2.24) is 0 Å². The summed E-state index contributed by atoms with van der Waals surface area (Å²) in [6, 6.07) is 7.62. The molecule has 1 spiro atoms. The van der Waals surface area contributed by atoms with Crippen molar-refractivity contribution in [2.45, 2.75) is 34.7 Å². The summed E-state index contributed by atoms with van der Waals surface area (Å²) >= 11 is 5.93. The second kappa shape index (κ2) is 6.88. The summed E-state index contributed by atoms with van der Waals surface area (Å²) in [6.45, 7) is 0.725. The first-order chi connectivity index (χ1) is 14.3. The molecule has 0 unspecified atom stereocenters. The van der Waals surface area contributed by atoms with Gasteiger partial charge >= 0.3 is 0 Å². The Labute approximate surface area is 177 Å². The quantitative estimate of drug-likeness (QED) is 0.677. The maximum atomic E-state index is 15.2. The van der Waals surface area contributed by atoms with Crippen LogP contribution in [0.15, 0.2) is 41.3 Å². The molecule has 2 fully saturated rings. The largest absolute Gasteiger partial charge is 0.490 e. The number of rotatable bonds is 2. The minimum Gasteiger partial charge on any atom is -0.490 e. The summed E-state index contributed by atoms with van der Waals surface area (Å²) in [5.41, 5.74) is -0.249. The molecule has 1 aliphatic carbocycles. The Morgan fingerprint density at radius 2 is 1.63 bits per heavy atom. The number of hydrogen-bond acceptors (Lipinski definition) is 5. The number of ether oxygens (including phenoxy) is 3. The van der Waals surface area contributed by atoms with Gasteiger partial charge in [-0.05, 0) is 42.8 Å². The van der Waals surface area contributed by atoms with Crippen LogP contribution in [0.25, 0.3) is 0 Å². The third-order valence-corrected chi connectivity index (χ3v) is 9.27. The molecule has 9 heteroatoms. The normalized spacial score (nSPS) is 27.4. The minimum absolute atomic E-state index is 0.00220. The highest BCUT2D eigenvalue weighted by Gasteiger charge is 2.63. The summed E-state index contributed by atoms with van der Waals surface area (Å²) < 4.78 is 73.2. The minimum atomic E-state index is -4.16. The maximum Gasteiger partial charge on any atom is 0.188 e. The van der Waals surface area contributed by atoms with E-state index < -0.39 is 37.9 Å². The summed E-state index contributed by atoms with van der Waals surface area (Å²) in [6.07, 6.45) is 0.459. The van der Waals surface area contributed by atoms with Crippen molar-refractivity contribution < 1.29 is 31.4 Å². The zero-order valence-corrected chi connectivity index (χ0v) is 17.4. The van der Waals surface area contributed by atoms with Gasteiger partial charge in [0, 0.05) is 23.8 Å². The smallest absolute Gasteiger partial charge is 0.188 e. The van der Waals surface area contributed by atoms with Crippen LogP contribution in [0.3, 0.4) is 0 Å². The molecule has 2 aromatic rings. The van der Waals surface area contributed by atoms with Crippen molar-refractivity contribution in [2.75, 3.05) is 19.8 Å². The molecular weight excluding hydrogens is 438 g/mol. The fraction of sp³-hybridized carbons (Fsp3) is 0.429. The van der Waals surface area contributed by atoms with Crippen LogP contribution in [0, 0.1) is 17.6 Å². The van der Waals surface area contributed by atoms with E-state index in [9.17, 15) is 12.8 Å². The van der Waals surface area contributed by atoms with Gasteiger partial charge in [-0.15, -0.1) is 0 Å². The van der Waals surface area contributed by atoms with Crippen LogP contribution in [-0.4, -0.2) is 34.0 Å². The first kappa shape index (κ1) is 20.2. The van der Waals surface area contributed by atoms with Gasteiger partial charge in [0.25, 0.3) is 0 Å². The molecule has 30 heavy (non-hydrogen) atoms. The van der Waals surface area contributed by atoms with E-state index in [2.05, 4.69) is 0 Å². The highest BCUT2D eigenvalue weighted by atomic mass is 35.5. The molecule has 3 aliphatic rings. The van der Waals surface area contributed by atoms with Gasteiger partial charge in [0.1, 0.15) is 10.6 Å². The predicted octanol–water partition coefficient (Wildman–Crippen LogP) is 4.22. The third-order valence-electron chi connectivity index (χ3n) is 6.42. The maximum absolute atomic E-state index is 15.2. The monoisotopic (exact) mass is 456 g/mol. The number of halogens is 3. The molecule has 2 heterocycles. The van der Waals surface area contributed by atoms with E-state index in [0.717, 1.165) is 12.1 Å². The second-order valence-electron chi connectivity index (χ2n) is 7.90. The lowest BCUT2D eigenvalue weighted by Gasteiger charge is -2.51.